The highest BCUT2D eigenvalue weighted by Gasteiger charge is 2.20. The summed E-state index contributed by atoms with van der Waals surface area (Å²) in [6.07, 6.45) is 1.64. The molecule has 0 aliphatic heterocycles. The predicted molar refractivity (Wildman–Crippen MR) is 129 cm³/mol. The third-order valence-electron chi connectivity index (χ3n) is 5.26. The van der Waals surface area contributed by atoms with E-state index in [1.54, 1.807) is 59.7 Å². The minimum Gasteiger partial charge on any atom is -0.497 e. The number of thiophene rings is 1. The van der Waals surface area contributed by atoms with Crippen LogP contribution in [0.4, 0.5) is 0 Å². The van der Waals surface area contributed by atoms with Crippen LogP contribution in [-0.2, 0) is 0 Å². The summed E-state index contributed by atoms with van der Waals surface area (Å²) in [5.74, 6) is -0.236. The highest BCUT2D eigenvalue weighted by molar-refractivity contribution is 7.12. The van der Waals surface area contributed by atoms with E-state index in [2.05, 4.69) is 22.0 Å². The van der Waals surface area contributed by atoms with Gasteiger partial charge in [-0.15, -0.1) is 11.3 Å². The van der Waals surface area contributed by atoms with Gasteiger partial charge >= 0.3 is 0 Å². The van der Waals surface area contributed by atoms with Gasteiger partial charge in [-0.2, -0.15) is 5.10 Å². The number of carbonyl (C=O) groups is 2. The predicted octanol–water partition coefficient (Wildman–Crippen LogP) is 4.44. The number of hydrogen-bond donors (Lipinski definition) is 2. The maximum atomic E-state index is 13.1. The zero-order chi connectivity index (χ0) is 23.7. The minimum atomic E-state index is -0.446. The maximum absolute atomic E-state index is 13.1. The van der Waals surface area contributed by atoms with Gasteiger partial charge in [0.2, 0.25) is 0 Å². The number of carbonyl (C=O) groups excluding carboxylic acids is 2. The molecule has 0 aliphatic rings. The average Bonchev–Trinajstić information content (AvgIpc) is 3.39. The van der Waals surface area contributed by atoms with Crippen LogP contribution in [0.3, 0.4) is 0 Å². The number of rotatable bonds is 5. The third kappa shape index (κ3) is 4.45. The summed E-state index contributed by atoms with van der Waals surface area (Å²) in [5, 5.41) is 5.06. The van der Waals surface area contributed by atoms with Crippen molar-refractivity contribution in [3.63, 3.8) is 0 Å². The van der Waals surface area contributed by atoms with Crippen LogP contribution in [0.25, 0.3) is 22.3 Å². The number of pyridine rings is 1. The number of amides is 2. The molecule has 0 bridgehead atoms. The number of benzene rings is 1. The second kappa shape index (κ2) is 9.03. The second-order valence-electron chi connectivity index (χ2n) is 7.94. The monoisotopic (exact) mass is 463 g/mol. The zero-order valence-corrected chi connectivity index (χ0v) is 19.9. The Morgan fingerprint density at radius 2 is 1.76 bits per heavy atom. The molecule has 2 amide bonds. The van der Waals surface area contributed by atoms with Gasteiger partial charge in [0.15, 0.2) is 5.65 Å². The zero-order valence-electron chi connectivity index (χ0n) is 19.1. The van der Waals surface area contributed by atoms with Crippen LogP contribution in [0.5, 0.6) is 5.75 Å². The molecule has 0 spiro atoms. The Kier molecular flexibility index (Phi) is 6.15. The van der Waals surface area contributed by atoms with Crippen LogP contribution in [0, 0.1) is 13.8 Å². The molecule has 0 radical (unpaired) electrons. The number of nitrogens with one attached hydrogen (secondary N) is 2. The number of aromatic nitrogens is 3. The Balaban J connectivity index is 1.67. The molecule has 0 fully saturated rings. The molecule has 3 aromatic heterocycles. The molecule has 4 rings (SSSR count). The first kappa shape index (κ1) is 22.5. The van der Waals surface area contributed by atoms with E-state index in [-0.39, 0.29) is 6.04 Å². The normalized spacial score (nSPS) is 11.1. The highest BCUT2D eigenvalue weighted by Crippen LogP contribution is 2.32. The smallest absolute Gasteiger partial charge is 0.270 e. The van der Waals surface area contributed by atoms with Crippen molar-refractivity contribution in [3.8, 4) is 17.0 Å². The first-order valence-electron chi connectivity index (χ1n) is 10.5. The van der Waals surface area contributed by atoms with E-state index in [4.69, 9.17) is 9.72 Å². The molecule has 2 N–H and O–H groups in total. The van der Waals surface area contributed by atoms with E-state index in [1.165, 1.54) is 4.88 Å². The fraction of sp³-hybridized carbons (Fsp3) is 0.250. The lowest BCUT2D eigenvalue weighted by molar-refractivity contribution is 0.0847. The fourth-order valence-corrected chi connectivity index (χ4v) is 4.54. The molecule has 0 saturated carbocycles. The lowest BCUT2D eigenvalue weighted by Gasteiger charge is -2.12. The van der Waals surface area contributed by atoms with Crippen molar-refractivity contribution in [2.45, 2.75) is 33.7 Å². The Labute approximate surface area is 195 Å². The summed E-state index contributed by atoms with van der Waals surface area (Å²) in [4.78, 5) is 32.7. The Morgan fingerprint density at radius 1 is 1.06 bits per heavy atom. The quantitative estimate of drug-likeness (QED) is 0.427. The fourth-order valence-electron chi connectivity index (χ4n) is 3.60. The summed E-state index contributed by atoms with van der Waals surface area (Å²) >= 11 is 1.68. The van der Waals surface area contributed by atoms with Gasteiger partial charge in [0, 0.05) is 26.9 Å². The number of methoxy groups -OCH3 is 1. The molecular formula is C24H25N5O3S. The van der Waals surface area contributed by atoms with Crippen molar-refractivity contribution in [2.75, 3.05) is 7.11 Å². The summed E-state index contributed by atoms with van der Waals surface area (Å²) in [6.45, 7) is 8.10. The molecule has 170 valence electrons. The van der Waals surface area contributed by atoms with Crippen molar-refractivity contribution in [1.29, 1.82) is 0 Å². The van der Waals surface area contributed by atoms with Crippen molar-refractivity contribution in [2.24, 2.45) is 0 Å². The molecule has 0 aliphatic carbocycles. The SMILES string of the molecule is COc1ccc(C(=O)NNC(=O)c2cc(-c3cc(C)sc3C)nc3c2cnn3C(C)C)cc1. The lowest BCUT2D eigenvalue weighted by Crippen LogP contribution is -2.41. The first-order valence-corrected chi connectivity index (χ1v) is 11.3. The molecule has 4 aromatic rings. The number of aryl methyl sites for hydroxylation is 2. The summed E-state index contributed by atoms with van der Waals surface area (Å²) in [7, 11) is 1.55. The van der Waals surface area contributed by atoms with E-state index in [0.717, 1.165) is 10.4 Å². The van der Waals surface area contributed by atoms with Gasteiger partial charge in [0.25, 0.3) is 11.8 Å². The molecular weight excluding hydrogens is 438 g/mol. The number of fused-ring (bicyclic) bond motifs is 1. The van der Waals surface area contributed by atoms with Crippen molar-refractivity contribution in [1.82, 2.24) is 25.6 Å². The molecule has 33 heavy (non-hydrogen) atoms. The molecule has 9 heteroatoms. The van der Waals surface area contributed by atoms with Crippen LogP contribution in [0.1, 0.15) is 50.4 Å². The van der Waals surface area contributed by atoms with Crippen LogP contribution in [0.2, 0.25) is 0 Å². The first-order chi connectivity index (χ1) is 15.8. The minimum absolute atomic E-state index is 0.0706. The number of nitrogens with zero attached hydrogens (tertiary/aromatic N) is 3. The standard InChI is InChI=1S/C24H25N5O3S/c1-13(2)29-22-20(12-25-29)19(11-21(26-22)18-10-14(3)33-15(18)4)24(31)28-27-23(30)16-6-8-17(32-5)9-7-16/h6-13H,1-5H3,(H,27,30)(H,28,31). The molecule has 3 heterocycles. The third-order valence-corrected chi connectivity index (χ3v) is 6.23. The van der Waals surface area contributed by atoms with Gasteiger partial charge in [0.1, 0.15) is 5.75 Å². The number of hydrazine groups is 1. The van der Waals surface area contributed by atoms with E-state index in [9.17, 15) is 9.59 Å². The van der Waals surface area contributed by atoms with Gasteiger partial charge in [-0.1, -0.05) is 0 Å². The van der Waals surface area contributed by atoms with Gasteiger partial charge in [0.05, 0.1) is 30.0 Å². The maximum Gasteiger partial charge on any atom is 0.270 e. The van der Waals surface area contributed by atoms with Crippen LogP contribution < -0.4 is 15.6 Å². The van der Waals surface area contributed by atoms with Gasteiger partial charge in [-0.3, -0.25) is 20.4 Å². The van der Waals surface area contributed by atoms with Crippen LogP contribution in [0.15, 0.2) is 42.6 Å². The Bertz CT molecular complexity index is 1340. The highest BCUT2D eigenvalue weighted by atomic mass is 32.1. The number of hydrogen-bond acceptors (Lipinski definition) is 6. The Morgan fingerprint density at radius 3 is 2.36 bits per heavy atom. The molecule has 0 saturated heterocycles. The molecule has 0 atom stereocenters. The summed E-state index contributed by atoms with van der Waals surface area (Å²) in [5.41, 5.74) is 8.08. The van der Waals surface area contributed by atoms with E-state index < -0.39 is 11.8 Å². The van der Waals surface area contributed by atoms with Crippen molar-refractivity contribution >= 4 is 34.2 Å². The largest absolute Gasteiger partial charge is 0.497 e. The van der Waals surface area contributed by atoms with Crippen LogP contribution >= 0.6 is 11.3 Å². The molecule has 0 unspecified atom stereocenters. The second-order valence-corrected chi connectivity index (χ2v) is 9.40. The topological polar surface area (TPSA) is 98.1 Å². The summed E-state index contributed by atoms with van der Waals surface area (Å²) in [6, 6.07) is 10.5. The molecule has 1 aromatic carbocycles. The van der Waals surface area contributed by atoms with E-state index in [0.29, 0.717) is 33.6 Å². The van der Waals surface area contributed by atoms with Crippen molar-refractivity contribution in [3.05, 3.63) is 63.5 Å². The van der Waals surface area contributed by atoms with E-state index in [1.807, 2.05) is 27.7 Å². The number of ether oxygens (including phenoxy) is 1. The van der Waals surface area contributed by atoms with Crippen molar-refractivity contribution < 1.29 is 14.3 Å². The lowest BCUT2D eigenvalue weighted by atomic mass is 10.1. The van der Waals surface area contributed by atoms with Gasteiger partial charge in [-0.25, -0.2) is 9.67 Å². The Hall–Kier alpha value is -3.72. The average molecular weight is 464 g/mol. The van der Waals surface area contributed by atoms with Gasteiger partial charge in [-0.05, 0) is 64.1 Å². The van der Waals surface area contributed by atoms with Gasteiger partial charge < -0.3 is 4.74 Å². The van der Waals surface area contributed by atoms with E-state index >= 15 is 0 Å². The summed E-state index contributed by atoms with van der Waals surface area (Å²) < 4.78 is 6.90. The molecule has 8 nitrogen and oxygen atoms in total. The van der Waals surface area contributed by atoms with Crippen LogP contribution in [-0.4, -0.2) is 33.7 Å².